The van der Waals surface area contributed by atoms with Crippen molar-refractivity contribution in [2.45, 2.75) is 31.2 Å². The van der Waals surface area contributed by atoms with E-state index < -0.39 is 0 Å². The van der Waals surface area contributed by atoms with Crippen LogP contribution in [0.3, 0.4) is 0 Å². The first-order chi connectivity index (χ1) is 6.79. The number of hydrogen-bond donors (Lipinski definition) is 0. The molecular formula is C11H13NO2. The highest BCUT2D eigenvalue weighted by Gasteiger charge is 2.36. The van der Waals surface area contributed by atoms with Crippen molar-refractivity contribution in [2.24, 2.45) is 0 Å². The minimum atomic E-state index is -0.364. The van der Waals surface area contributed by atoms with Gasteiger partial charge in [-0.25, -0.2) is 0 Å². The molecule has 1 fully saturated rings. The molecule has 0 radical (unpaired) electrons. The SMILES string of the molecule is O=[N+]([O-])C1CCCC1c1ccccc1. The maximum Gasteiger partial charge on any atom is 0.219 e. The Balaban J connectivity index is 2.22. The summed E-state index contributed by atoms with van der Waals surface area (Å²) in [5, 5.41) is 10.8. The summed E-state index contributed by atoms with van der Waals surface area (Å²) in [5.41, 5.74) is 1.12. The van der Waals surface area contributed by atoms with E-state index in [4.69, 9.17) is 0 Å². The lowest BCUT2D eigenvalue weighted by atomic mass is 9.95. The van der Waals surface area contributed by atoms with E-state index in [1.54, 1.807) is 0 Å². The van der Waals surface area contributed by atoms with E-state index in [0.717, 1.165) is 24.8 Å². The molecule has 3 heteroatoms. The first kappa shape index (κ1) is 9.19. The van der Waals surface area contributed by atoms with E-state index in [1.165, 1.54) is 0 Å². The Bertz CT molecular complexity index is 323. The lowest BCUT2D eigenvalue weighted by molar-refractivity contribution is -0.523. The van der Waals surface area contributed by atoms with Gasteiger partial charge in [-0.15, -0.1) is 0 Å². The molecule has 0 N–H and O–H groups in total. The van der Waals surface area contributed by atoms with Gasteiger partial charge in [0.1, 0.15) is 0 Å². The van der Waals surface area contributed by atoms with Gasteiger partial charge in [-0.1, -0.05) is 30.3 Å². The van der Waals surface area contributed by atoms with Gasteiger partial charge in [-0.3, -0.25) is 10.1 Å². The van der Waals surface area contributed by atoms with Crippen LogP contribution in [0.15, 0.2) is 30.3 Å². The third-order valence-corrected chi connectivity index (χ3v) is 2.98. The topological polar surface area (TPSA) is 43.1 Å². The number of nitrogens with zero attached hydrogens (tertiary/aromatic N) is 1. The average Bonchev–Trinajstić information content (AvgIpc) is 2.67. The second-order valence-corrected chi connectivity index (χ2v) is 3.80. The molecule has 2 unspecified atom stereocenters. The maximum atomic E-state index is 10.8. The van der Waals surface area contributed by atoms with Gasteiger partial charge in [0.25, 0.3) is 0 Å². The summed E-state index contributed by atoms with van der Waals surface area (Å²) in [5.74, 6) is 0.131. The molecule has 3 nitrogen and oxygen atoms in total. The lowest BCUT2D eigenvalue weighted by Gasteiger charge is -2.12. The fraction of sp³-hybridized carbons (Fsp3) is 0.455. The van der Waals surface area contributed by atoms with Crippen molar-refractivity contribution in [2.75, 3.05) is 0 Å². The number of hydrogen-bond acceptors (Lipinski definition) is 2. The Labute approximate surface area is 82.9 Å². The summed E-state index contributed by atoms with van der Waals surface area (Å²) in [7, 11) is 0. The number of benzene rings is 1. The molecule has 1 aromatic rings. The monoisotopic (exact) mass is 191 g/mol. The second kappa shape index (κ2) is 3.78. The van der Waals surface area contributed by atoms with Crippen LogP contribution in [0.25, 0.3) is 0 Å². The molecule has 0 aliphatic heterocycles. The molecule has 74 valence electrons. The Morgan fingerprint density at radius 2 is 1.93 bits per heavy atom. The smallest absolute Gasteiger partial charge is 0.219 e. The molecule has 1 aromatic carbocycles. The van der Waals surface area contributed by atoms with E-state index in [-0.39, 0.29) is 16.9 Å². The minimum Gasteiger partial charge on any atom is -0.264 e. The molecule has 0 aromatic heterocycles. The summed E-state index contributed by atoms with van der Waals surface area (Å²) >= 11 is 0. The van der Waals surface area contributed by atoms with Crippen molar-refractivity contribution in [1.82, 2.24) is 0 Å². The van der Waals surface area contributed by atoms with Gasteiger partial charge in [0.2, 0.25) is 6.04 Å². The predicted octanol–water partition coefficient (Wildman–Crippen LogP) is 2.60. The van der Waals surface area contributed by atoms with Gasteiger partial charge in [-0.05, 0) is 18.4 Å². The quantitative estimate of drug-likeness (QED) is 0.532. The average molecular weight is 191 g/mol. The van der Waals surface area contributed by atoms with Crippen molar-refractivity contribution in [3.05, 3.63) is 46.0 Å². The van der Waals surface area contributed by atoms with E-state index in [9.17, 15) is 10.1 Å². The zero-order valence-electron chi connectivity index (χ0n) is 7.93. The fourth-order valence-corrected chi connectivity index (χ4v) is 2.28. The second-order valence-electron chi connectivity index (χ2n) is 3.80. The molecule has 0 spiro atoms. The van der Waals surface area contributed by atoms with Crippen molar-refractivity contribution in [3.63, 3.8) is 0 Å². The standard InChI is InChI=1S/C11H13NO2/c13-12(14)11-8-4-7-10(11)9-5-2-1-3-6-9/h1-3,5-6,10-11H,4,7-8H2. The molecule has 1 saturated carbocycles. The molecule has 0 amide bonds. The minimum absolute atomic E-state index is 0.120. The summed E-state index contributed by atoms with van der Waals surface area (Å²) in [6, 6.07) is 9.46. The summed E-state index contributed by atoms with van der Waals surface area (Å²) < 4.78 is 0. The Kier molecular flexibility index (Phi) is 2.48. The van der Waals surface area contributed by atoms with Crippen LogP contribution in [0.2, 0.25) is 0 Å². The summed E-state index contributed by atoms with van der Waals surface area (Å²) in [4.78, 5) is 10.7. The first-order valence-corrected chi connectivity index (χ1v) is 4.97. The van der Waals surface area contributed by atoms with Crippen LogP contribution in [0, 0.1) is 10.1 Å². The Hall–Kier alpha value is -1.38. The van der Waals surface area contributed by atoms with Crippen LogP contribution >= 0.6 is 0 Å². The molecule has 14 heavy (non-hydrogen) atoms. The largest absolute Gasteiger partial charge is 0.264 e. The van der Waals surface area contributed by atoms with Crippen LogP contribution < -0.4 is 0 Å². The van der Waals surface area contributed by atoms with Crippen molar-refractivity contribution >= 4 is 0 Å². The van der Waals surface area contributed by atoms with E-state index in [0.29, 0.717) is 0 Å². The molecular weight excluding hydrogens is 178 g/mol. The molecule has 1 aliphatic carbocycles. The fourth-order valence-electron chi connectivity index (χ4n) is 2.28. The summed E-state index contributed by atoms with van der Waals surface area (Å²) in [6.07, 6.45) is 2.66. The van der Waals surface area contributed by atoms with Gasteiger partial charge in [0.05, 0.1) is 5.92 Å². The van der Waals surface area contributed by atoms with Gasteiger partial charge < -0.3 is 0 Å². The van der Waals surface area contributed by atoms with Gasteiger partial charge >= 0.3 is 0 Å². The molecule has 2 rings (SSSR count). The highest BCUT2D eigenvalue weighted by atomic mass is 16.6. The van der Waals surface area contributed by atoms with E-state index >= 15 is 0 Å². The van der Waals surface area contributed by atoms with Crippen LogP contribution in [0.1, 0.15) is 30.7 Å². The third kappa shape index (κ3) is 1.62. The van der Waals surface area contributed by atoms with Crippen LogP contribution in [0.5, 0.6) is 0 Å². The van der Waals surface area contributed by atoms with Crippen LogP contribution in [-0.4, -0.2) is 11.0 Å². The maximum absolute atomic E-state index is 10.8. The van der Waals surface area contributed by atoms with Crippen molar-refractivity contribution < 1.29 is 4.92 Å². The molecule has 2 atom stereocenters. The van der Waals surface area contributed by atoms with Gasteiger partial charge in [0, 0.05) is 11.3 Å². The molecule has 0 bridgehead atoms. The van der Waals surface area contributed by atoms with Crippen LogP contribution in [0.4, 0.5) is 0 Å². The zero-order valence-corrected chi connectivity index (χ0v) is 7.93. The molecule has 0 saturated heterocycles. The highest BCUT2D eigenvalue weighted by Crippen LogP contribution is 2.35. The zero-order chi connectivity index (χ0) is 9.97. The lowest BCUT2D eigenvalue weighted by Crippen LogP contribution is -2.22. The van der Waals surface area contributed by atoms with Gasteiger partial charge in [0.15, 0.2) is 0 Å². The number of rotatable bonds is 2. The summed E-state index contributed by atoms with van der Waals surface area (Å²) in [6.45, 7) is 0. The van der Waals surface area contributed by atoms with Crippen molar-refractivity contribution in [1.29, 1.82) is 0 Å². The van der Waals surface area contributed by atoms with Crippen LogP contribution in [-0.2, 0) is 0 Å². The third-order valence-electron chi connectivity index (χ3n) is 2.98. The predicted molar refractivity (Wildman–Crippen MR) is 53.8 cm³/mol. The normalized spacial score (nSPS) is 26.3. The van der Waals surface area contributed by atoms with Crippen molar-refractivity contribution in [3.8, 4) is 0 Å². The molecule has 1 aliphatic rings. The van der Waals surface area contributed by atoms with E-state index in [2.05, 4.69) is 0 Å². The first-order valence-electron chi connectivity index (χ1n) is 4.97. The Morgan fingerprint density at radius 3 is 2.57 bits per heavy atom. The highest BCUT2D eigenvalue weighted by molar-refractivity contribution is 5.21. The number of nitro groups is 1. The molecule has 0 heterocycles. The van der Waals surface area contributed by atoms with E-state index in [1.807, 2.05) is 30.3 Å². The van der Waals surface area contributed by atoms with Gasteiger partial charge in [-0.2, -0.15) is 0 Å². The Morgan fingerprint density at radius 1 is 1.21 bits per heavy atom.